The predicted molar refractivity (Wildman–Crippen MR) is 119 cm³/mol. The summed E-state index contributed by atoms with van der Waals surface area (Å²) in [5.41, 5.74) is 1.91. The fourth-order valence-corrected chi connectivity index (χ4v) is 4.33. The molecule has 0 fully saturated rings. The molecule has 0 aliphatic carbocycles. The highest BCUT2D eigenvalue weighted by Gasteiger charge is 2.19. The van der Waals surface area contributed by atoms with E-state index in [2.05, 4.69) is 32.3 Å². The Bertz CT molecular complexity index is 939. The number of para-hydroxylation sites is 1. The Labute approximate surface area is 182 Å². The monoisotopic (exact) mass is 474 g/mol. The highest BCUT2D eigenvalue weighted by molar-refractivity contribution is 9.10. The van der Waals surface area contributed by atoms with Gasteiger partial charge in [-0.1, -0.05) is 40.2 Å². The van der Waals surface area contributed by atoms with Crippen LogP contribution in [0.25, 0.3) is 10.2 Å². The second kappa shape index (κ2) is 10.5. The third-order valence-electron chi connectivity index (χ3n) is 4.59. The maximum absolute atomic E-state index is 12.4. The zero-order chi connectivity index (χ0) is 20.6. The second-order valence-electron chi connectivity index (χ2n) is 6.73. The van der Waals surface area contributed by atoms with Gasteiger partial charge >= 0.3 is 5.97 Å². The maximum atomic E-state index is 12.4. The molecule has 0 saturated heterocycles. The number of rotatable bonds is 9. The minimum Gasteiger partial charge on any atom is -0.469 e. The van der Waals surface area contributed by atoms with Gasteiger partial charge in [-0.2, -0.15) is 0 Å². The highest BCUT2D eigenvalue weighted by atomic mass is 79.9. The van der Waals surface area contributed by atoms with Gasteiger partial charge in [0.05, 0.1) is 34.8 Å². The van der Waals surface area contributed by atoms with Crippen molar-refractivity contribution in [3.05, 3.63) is 63.6 Å². The van der Waals surface area contributed by atoms with Gasteiger partial charge < -0.3 is 10.1 Å². The largest absolute Gasteiger partial charge is 0.469 e. The molecule has 0 aliphatic rings. The normalized spacial score (nSPS) is 11.9. The summed E-state index contributed by atoms with van der Waals surface area (Å²) in [7, 11) is 1.35. The molecule has 5 nitrogen and oxygen atoms in total. The number of hydrogen-bond acceptors (Lipinski definition) is 5. The molecule has 3 rings (SSSR count). The van der Waals surface area contributed by atoms with E-state index in [1.54, 1.807) is 11.3 Å². The molecule has 0 bridgehead atoms. The number of halogens is 1. The standard InChI is InChI=1S/C22H23BrN2O3S/c1-28-22(27)14-18(15-10-12-16(23)13-11-15)24-20(26)8-4-5-9-21-25-17-6-2-3-7-19(17)29-21/h2-3,6-7,10-13,18H,4-5,8-9,14H2,1H3,(H,24,26). The van der Waals surface area contributed by atoms with E-state index in [1.807, 2.05) is 42.5 Å². The van der Waals surface area contributed by atoms with Gasteiger partial charge in [0.2, 0.25) is 5.91 Å². The van der Waals surface area contributed by atoms with Gasteiger partial charge in [-0.25, -0.2) is 4.98 Å². The molecular formula is C22H23BrN2O3S. The van der Waals surface area contributed by atoms with E-state index in [4.69, 9.17) is 4.74 Å². The number of ether oxygens (including phenoxy) is 1. The number of methoxy groups -OCH3 is 1. The molecular weight excluding hydrogens is 452 g/mol. The molecule has 1 atom stereocenters. The minimum absolute atomic E-state index is 0.0638. The number of esters is 1. The number of fused-ring (bicyclic) bond motifs is 1. The lowest BCUT2D eigenvalue weighted by Crippen LogP contribution is -2.30. The summed E-state index contributed by atoms with van der Waals surface area (Å²) in [5.74, 6) is -0.417. The number of benzene rings is 2. The number of carbonyl (C=O) groups is 2. The summed E-state index contributed by atoms with van der Waals surface area (Å²) in [6.45, 7) is 0. The molecule has 152 valence electrons. The van der Waals surface area contributed by atoms with Crippen molar-refractivity contribution in [2.24, 2.45) is 0 Å². The Balaban J connectivity index is 1.49. The smallest absolute Gasteiger partial charge is 0.307 e. The van der Waals surface area contributed by atoms with E-state index in [0.29, 0.717) is 6.42 Å². The van der Waals surface area contributed by atoms with Crippen LogP contribution in [0.2, 0.25) is 0 Å². The molecule has 1 unspecified atom stereocenters. The second-order valence-corrected chi connectivity index (χ2v) is 8.77. The molecule has 3 aromatic rings. The summed E-state index contributed by atoms with van der Waals surface area (Å²) in [6, 6.07) is 15.3. The van der Waals surface area contributed by atoms with E-state index in [-0.39, 0.29) is 18.3 Å². The number of amides is 1. The van der Waals surface area contributed by atoms with Crippen LogP contribution in [0.3, 0.4) is 0 Å². The molecule has 1 amide bonds. The lowest BCUT2D eigenvalue weighted by atomic mass is 10.0. The van der Waals surface area contributed by atoms with Crippen LogP contribution in [0, 0.1) is 0 Å². The fourth-order valence-electron chi connectivity index (χ4n) is 3.05. The van der Waals surface area contributed by atoms with Crippen LogP contribution < -0.4 is 5.32 Å². The lowest BCUT2D eigenvalue weighted by molar-refractivity contribution is -0.141. The van der Waals surface area contributed by atoms with Gasteiger partial charge in [-0.3, -0.25) is 9.59 Å². The molecule has 29 heavy (non-hydrogen) atoms. The lowest BCUT2D eigenvalue weighted by Gasteiger charge is -2.18. The van der Waals surface area contributed by atoms with E-state index in [1.165, 1.54) is 11.8 Å². The molecule has 2 aromatic carbocycles. The van der Waals surface area contributed by atoms with Crippen molar-refractivity contribution in [3.8, 4) is 0 Å². The average Bonchev–Trinajstić information content (AvgIpc) is 3.14. The Kier molecular flexibility index (Phi) is 7.77. The first kappa shape index (κ1) is 21.5. The van der Waals surface area contributed by atoms with Crippen LogP contribution in [0.4, 0.5) is 0 Å². The highest BCUT2D eigenvalue weighted by Crippen LogP contribution is 2.23. The van der Waals surface area contributed by atoms with E-state index >= 15 is 0 Å². The first-order valence-corrected chi connectivity index (χ1v) is 11.1. The Morgan fingerprint density at radius 3 is 2.62 bits per heavy atom. The number of aromatic nitrogens is 1. The maximum Gasteiger partial charge on any atom is 0.307 e. The van der Waals surface area contributed by atoms with Crippen molar-refractivity contribution >= 4 is 49.4 Å². The topological polar surface area (TPSA) is 68.3 Å². The zero-order valence-corrected chi connectivity index (χ0v) is 18.6. The molecule has 0 spiro atoms. The van der Waals surface area contributed by atoms with Gasteiger partial charge in [-0.15, -0.1) is 11.3 Å². The number of thiazole rings is 1. The number of nitrogens with one attached hydrogen (secondary N) is 1. The SMILES string of the molecule is COC(=O)CC(NC(=O)CCCCc1nc2ccccc2s1)c1ccc(Br)cc1. The summed E-state index contributed by atoms with van der Waals surface area (Å²) >= 11 is 5.11. The predicted octanol–water partition coefficient (Wildman–Crippen LogP) is 5.19. The van der Waals surface area contributed by atoms with Gasteiger partial charge in [0.1, 0.15) is 0 Å². The molecule has 0 aliphatic heterocycles. The molecule has 7 heteroatoms. The average molecular weight is 475 g/mol. The first-order chi connectivity index (χ1) is 14.0. The number of nitrogens with zero attached hydrogens (tertiary/aromatic N) is 1. The van der Waals surface area contributed by atoms with Crippen LogP contribution in [0.5, 0.6) is 0 Å². The Hall–Kier alpha value is -2.25. The third-order valence-corrected chi connectivity index (χ3v) is 6.21. The van der Waals surface area contributed by atoms with Crippen molar-refractivity contribution < 1.29 is 14.3 Å². The summed E-state index contributed by atoms with van der Waals surface area (Å²) < 4.78 is 6.91. The van der Waals surface area contributed by atoms with Crippen molar-refractivity contribution in [1.29, 1.82) is 0 Å². The molecule has 0 saturated carbocycles. The number of aryl methyl sites for hydroxylation is 1. The van der Waals surface area contributed by atoms with Gasteiger partial charge in [0.15, 0.2) is 0 Å². The quantitative estimate of drug-likeness (QED) is 0.342. The van der Waals surface area contributed by atoms with Gasteiger partial charge in [0, 0.05) is 10.9 Å². The van der Waals surface area contributed by atoms with Crippen molar-refractivity contribution in [2.45, 2.75) is 38.1 Å². The summed E-state index contributed by atoms with van der Waals surface area (Å²) in [6.07, 6.45) is 3.06. The zero-order valence-electron chi connectivity index (χ0n) is 16.2. The number of unbranched alkanes of at least 4 members (excludes halogenated alkanes) is 1. The first-order valence-electron chi connectivity index (χ1n) is 9.51. The number of hydrogen-bond donors (Lipinski definition) is 1. The van der Waals surface area contributed by atoms with Crippen molar-refractivity contribution in [2.75, 3.05) is 7.11 Å². The van der Waals surface area contributed by atoms with Crippen LogP contribution in [0.1, 0.15) is 42.3 Å². The molecule has 1 heterocycles. The number of carbonyl (C=O) groups excluding carboxylic acids is 2. The minimum atomic E-state index is -0.396. The summed E-state index contributed by atoms with van der Waals surface area (Å²) in [5, 5.41) is 4.07. The van der Waals surface area contributed by atoms with Crippen LogP contribution in [-0.2, 0) is 20.7 Å². The molecule has 0 radical (unpaired) electrons. The van der Waals surface area contributed by atoms with E-state index in [9.17, 15) is 9.59 Å². The van der Waals surface area contributed by atoms with Crippen molar-refractivity contribution in [3.63, 3.8) is 0 Å². The van der Waals surface area contributed by atoms with E-state index < -0.39 is 6.04 Å². The van der Waals surface area contributed by atoms with Crippen molar-refractivity contribution in [1.82, 2.24) is 10.3 Å². The fraction of sp³-hybridized carbons (Fsp3) is 0.318. The third kappa shape index (κ3) is 6.37. The van der Waals surface area contributed by atoms with Gasteiger partial charge in [0.25, 0.3) is 0 Å². The Morgan fingerprint density at radius 1 is 1.14 bits per heavy atom. The molecule has 1 N–H and O–H groups in total. The van der Waals surface area contributed by atoms with E-state index in [0.717, 1.165) is 39.8 Å². The summed E-state index contributed by atoms with van der Waals surface area (Å²) in [4.78, 5) is 28.8. The van der Waals surface area contributed by atoms with Crippen LogP contribution in [-0.4, -0.2) is 24.0 Å². The van der Waals surface area contributed by atoms with Crippen LogP contribution in [0.15, 0.2) is 53.0 Å². The molecule has 1 aromatic heterocycles. The Morgan fingerprint density at radius 2 is 1.90 bits per heavy atom. The van der Waals surface area contributed by atoms with Crippen LogP contribution >= 0.6 is 27.3 Å². The van der Waals surface area contributed by atoms with Gasteiger partial charge in [-0.05, 0) is 49.1 Å².